The molecule has 0 saturated carbocycles. The Kier molecular flexibility index (Phi) is 2.64. The lowest BCUT2D eigenvalue weighted by Crippen LogP contribution is -2.29. The highest BCUT2D eigenvalue weighted by molar-refractivity contribution is 6.55. The maximum atomic E-state index is 12.2. The number of fused-ring (bicyclic) bond motifs is 1. The van der Waals surface area contributed by atoms with Crippen LogP contribution in [0.2, 0.25) is 0 Å². The number of benzene rings is 1. The van der Waals surface area contributed by atoms with Gasteiger partial charge in [0, 0.05) is 22.6 Å². The number of carbonyl (C=O) groups excluding carboxylic acids is 2. The molecule has 0 radical (unpaired) electrons. The van der Waals surface area contributed by atoms with Gasteiger partial charge in [-0.1, -0.05) is 30.3 Å². The second-order valence-electron chi connectivity index (χ2n) is 4.40. The van der Waals surface area contributed by atoms with Gasteiger partial charge in [0.2, 0.25) is 11.6 Å². The molecule has 0 unspecified atom stereocenters. The van der Waals surface area contributed by atoms with Crippen molar-refractivity contribution in [2.45, 2.75) is 6.04 Å². The molecule has 6 heteroatoms. The molecule has 1 heterocycles. The van der Waals surface area contributed by atoms with Crippen molar-refractivity contribution < 1.29 is 14.5 Å². The molecule has 3 rings (SSSR count). The highest BCUT2D eigenvalue weighted by atomic mass is 16.6. The number of nitrogens with zero attached hydrogens (tertiary/aromatic N) is 2. The summed E-state index contributed by atoms with van der Waals surface area (Å²) >= 11 is 0. The molecule has 0 saturated heterocycles. The van der Waals surface area contributed by atoms with Gasteiger partial charge in [-0.05, 0) is 0 Å². The molecular formula is C14H8N2O4. The van der Waals surface area contributed by atoms with Gasteiger partial charge in [0.05, 0.1) is 11.3 Å². The first-order valence-corrected chi connectivity index (χ1v) is 5.88. The minimum Gasteiger partial charge on any atom is -0.287 e. The Labute approximate surface area is 113 Å². The van der Waals surface area contributed by atoms with Crippen LogP contribution in [0.15, 0.2) is 58.7 Å². The molecule has 6 nitrogen and oxygen atoms in total. The van der Waals surface area contributed by atoms with Crippen LogP contribution in [0.25, 0.3) is 0 Å². The van der Waals surface area contributed by atoms with Crippen LogP contribution in [0, 0.1) is 10.1 Å². The first-order valence-electron chi connectivity index (χ1n) is 5.88. The topological polar surface area (TPSA) is 89.6 Å². The molecule has 20 heavy (non-hydrogen) atoms. The average molecular weight is 268 g/mol. The van der Waals surface area contributed by atoms with E-state index in [0.717, 1.165) is 12.2 Å². The second kappa shape index (κ2) is 4.34. The van der Waals surface area contributed by atoms with E-state index in [1.54, 1.807) is 30.3 Å². The lowest BCUT2D eigenvalue weighted by atomic mass is 9.96. The van der Waals surface area contributed by atoms with Crippen molar-refractivity contribution in [3.8, 4) is 0 Å². The first kappa shape index (κ1) is 12.2. The fourth-order valence-corrected chi connectivity index (χ4v) is 2.16. The first-order chi connectivity index (χ1) is 9.58. The van der Waals surface area contributed by atoms with E-state index in [1.165, 1.54) is 0 Å². The van der Waals surface area contributed by atoms with Crippen LogP contribution in [-0.4, -0.2) is 28.2 Å². The number of hydrogen-bond acceptors (Lipinski definition) is 5. The highest BCUT2D eigenvalue weighted by Crippen LogP contribution is 2.28. The Hall–Kier alpha value is -2.89. The zero-order valence-corrected chi connectivity index (χ0v) is 10.1. The Morgan fingerprint density at radius 1 is 1.15 bits per heavy atom. The van der Waals surface area contributed by atoms with Crippen LogP contribution >= 0.6 is 0 Å². The average Bonchev–Trinajstić information content (AvgIpc) is 2.76. The Balaban J connectivity index is 2.07. The van der Waals surface area contributed by atoms with Crippen molar-refractivity contribution in [1.82, 2.24) is 0 Å². The van der Waals surface area contributed by atoms with Gasteiger partial charge in [0.1, 0.15) is 5.71 Å². The number of rotatable bonds is 2. The zero-order chi connectivity index (χ0) is 14.3. The fraction of sp³-hybridized carbons (Fsp3) is 0.0714. The van der Waals surface area contributed by atoms with Crippen molar-refractivity contribution >= 4 is 17.3 Å². The predicted octanol–water partition coefficient (Wildman–Crippen LogP) is 1.10. The van der Waals surface area contributed by atoms with Crippen LogP contribution < -0.4 is 0 Å². The van der Waals surface area contributed by atoms with Crippen molar-refractivity contribution in [3.05, 3.63) is 69.4 Å². The summed E-state index contributed by atoms with van der Waals surface area (Å²) in [6.45, 7) is 0. The summed E-state index contributed by atoms with van der Waals surface area (Å²) in [7, 11) is 0. The molecular weight excluding hydrogens is 260 g/mol. The van der Waals surface area contributed by atoms with Crippen molar-refractivity contribution in [3.63, 3.8) is 0 Å². The predicted molar refractivity (Wildman–Crippen MR) is 69.9 cm³/mol. The SMILES string of the molecule is O=C1C2=CC(=O)[C@@H]([N+](=O)[O-])C=C2N=C1c1ccccc1. The number of Topliss-reactive ketones (excluding diaryl/α,β-unsaturated/α-hetero) is 1. The van der Waals surface area contributed by atoms with E-state index in [9.17, 15) is 19.7 Å². The fourth-order valence-electron chi connectivity index (χ4n) is 2.16. The van der Waals surface area contributed by atoms with Gasteiger partial charge in [-0.3, -0.25) is 19.7 Å². The molecule has 1 atom stereocenters. The third-order valence-electron chi connectivity index (χ3n) is 3.14. The maximum Gasteiger partial charge on any atom is 0.294 e. The largest absolute Gasteiger partial charge is 0.294 e. The zero-order valence-electron chi connectivity index (χ0n) is 10.1. The van der Waals surface area contributed by atoms with Gasteiger partial charge in [0.15, 0.2) is 0 Å². The summed E-state index contributed by atoms with van der Waals surface area (Å²) in [6.07, 6.45) is 2.15. The molecule has 0 N–H and O–H groups in total. The maximum absolute atomic E-state index is 12.2. The molecule has 0 fully saturated rings. The van der Waals surface area contributed by atoms with Gasteiger partial charge >= 0.3 is 0 Å². The van der Waals surface area contributed by atoms with Crippen LogP contribution in [0.4, 0.5) is 0 Å². The molecule has 2 aliphatic rings. The van der Waals surface area contributed by atoms with Crippen LogP contribution in [0.5, 0.6) is 0 Å². The number of allylic oxidation sites excluding steroid dienone is 1. The molecule has 1 aliphatic carbocycles. The van der Waals surface area contributed by atoms with Crippen molar-refractivity contribution in [1.29, 1.82) is 0 Å². The minimum absolute atomic E-state index is 0.131. The minimum atomic E-state index is -1.46. The number of carbonyl (C=O) groups is 2. The van der Waals surface area contributed by atoms with Crippen LogP contribution in [0.3, 0.4) is 0 Å². The van der Waals surface area contributed by atoms with E-state index < -0.39 is 16.7 Å². The third-order valence-corrected chi connectivity index (χ3v) is 3.14. The second-order valence-corrected chi connectivity index (χ2v) is 4.40. The Morgan fingerprint density at radius 3 is 2.50 bits per heavy atom. The lowest BCUT2D eigenvalue weighted by Gasteiger charge is -2.07. The Bertz CT molecular complexity index is 729. The van der Waals surface area contributed by atoms with Crippen LogP contribution in [-0.2, 0) is 9.59 Å². The highest BCUT2D eigenvalue weighted by Gasteiger charge is 2.38. The Morgan fingerprint density at radius 2 is 1.85 bits per heavy atom. The lowest BCUT2D eigenvalue weighted by molar-refractivity contribution is -0.494. The molecule has 1 aromatic rings. The van der Waals surface area contributed by atoms with E-state index in [-0.39, 0.29) is 22.8 Å². The van der Waals surface area contributed by atoms with Gasteiger partial charge in [0.25, 0.3) is 6.04 Å². The monoisotopic (exact) mass is 268 g/mol. The molecule has 1 aromatic carbocycles. The molecule has 0 aromatic heterocycles. The normalized spacial score (nSPS) is 21.0. The standard InChI is InChI=1S/C14H8N2O4/c17-12-6-9-10(7-11(12)16(19)20)15-13(14(9)18)8-4-2-1-3-5-8/h1-7,11H/t11-/m0/s1. The summed E-state index contributed by atoms with van der Waals surface area (Å²) in [5.41, 5.74) is 1.17. The third kappa shape index (κ3) is 1.78. The van der Waals surface area contributed by atoms with Gasteiger partial charge in [-0.2, -0.15) is 0 Å². The summed E-state index contributed by atoms with van der Waals surface area (Å²) in [5.74, 6) is -1.08. The summed E-state index contributed by atoms with van der Waals surface area (Å²) in [4.78, 5) is 38.0. The number of aliphatic imine (C=N–C) groups is 1. The summed E-state index contributed by atoms with van der Waals surface area (Å²) in [6, 6.07) is 7.33. The number of nitro groups is 1. The van der Waals surface area contributed by atoms with Gasteiger partial charge in [-0.25, -0.2) is 4.99 Å². The van der Waals surface area contributed by atoms with Gasteiger partial charge < -0.3 is 0 Å². The van der Waals surface area contributed by atoms with Crippen LogP contribution in [0.1, 0.15) is 5.56 Å². The number of ketones is 2. The molecule has 98 valence electrons. The van der Waals surface area contributed by atoms with Gasteiger partial charge in [-0.15, -0.1) is 0 Å². The molecule has 0 spiro atoms. The van der Waals surface area contributed by atoms with E-state index >= 15 is 0 Å². The van der Waals surface area contributed by atoms with E-state index in [2.05, 4.69) is 4.99 Å². The summed E-state index contributed by atoms with van der Waals surface area (Å²) in [5, 5.41) is 10.8. The number of hydrogen-bond donors (Lipinski definition) is 0. The van der Waals surface area contributed by atoms with E-state index in [4.69, 9.17) is 0 Å². The smallest absolute Gasteiger partial charge is 0.287 e. The van der Waals surface area contributed by atoms with Crippen molar-refractivity contribution in [2.24, 2.45) is 4.99 Å². The summed E-state index contributed by atoms with van der Waals surface area (Å²) < 4.78 is 0. The quantitative estimate of drug-likeness (QED) is 0.593. The molecule has 0 amide bonds. The van der Waals surface area contributed by atoms with E-state index in [0.29, 0.717) is 5.56 Å². The molecule has 1 aliphatic heterocycles. The van der Waals surface area contributed by atoms with Crippen molar-refractivity contribution in [2.75, 3.05) is 0 Å². The molecule has 0 bridgehead atoms. The van der Waals surface area contributed by atoms with E-state index in [1.807, 2.05) is 0 Å².